The number of carbonyl (C=O) groups is 2. The van der Waals surface area contributed by atoms with E-state index in [1.54, 1.807) is 4.90 Å². The van der Waals surface area contributed by atoms with Gasteiger partial charge in [-0.1, -0.05) is 25.1 Å². The molecular weight excluding hydrogens is 312 g/mol. The van der Waals surface area contributed by atoms with Crippen molar-refractivity contribution in [1.82, 2.24) is 4.98 Å². The average molecular weight is 330 g/mol. The highest BCUT2D eigenvalue weighted by Gasteiger charge is 2.40. The maximum absolute atomic E-state index is 12.0. The molecule has 1 aliphatic carbocycles. The molecule has 1 saturated carbocycles. The number of para-hydroxylation sites is 1. The number of ether oxygens (including phenoxy) is 1. The molecule has 1 heterocycles. The number of hydrogen-bond donors (Lipinski definition) is 0. The topological polar surface area (TPSA) is 59.5 Å². The molecule has 1 amide bonds. The fourth-order valence-corrected chi connectivity index (χ4v) is 3.24. The molecule has 0 bridgehead atoms. The second-order valence-corrected chi connectivity index (χ2v) is 6.58. The highest BCUT2D eigenvalue weighted by molar-refractivity contribution is 7.14. The molecule has 1 aliphatic rings. The lowest BCUT2D eigenvalue weighted by molar-refractivity contribution is -0.147. The second kappa shape index (κ2) is 6.50. The Balaban J connectivity index is 1.69. The minimum absolute atomic E-state index is 0.0474. The van der Waals surface area contributed by atoms with Gasteiger partial charge in [0.1, 0.15) is 6.61 Å². The predicted octanol–water partition coefficient (Wildman–Crippen LogP) is 3.53. The summed E-state index contributed by atoms with van der Waals surface area (Å²) in [7, 11) is 0. The van der Waals surface area contributed by atoms with E-state index in [1.807, 2.05) is 42.6 Å². The summed E-state index contributed by atoms with van der Waals surface area (Å²) in [5.74, 6) is 0.213. The van der Waals surface area contributed by atoms with E-state index in [0.29, 0.717) is 16.7 Å². The number of amides is 1. The molecule has 3 rings (SSSR count). The van der Waals surface area contributed by atoms with Crippen LogP contribution in [-0.4, -0.2) is 16.9 Å². The lowest BCUT2D eigenvalue weighted by Gasteiger charge is -2.17. The summed E-state index contributed by atoms with van der Waals surface area (Å²) in [6.07, 6.45) is 0.910. The number of anilines is 2. The normalized spacial score (nSPS) is 19.2. The van der Waals surface area contributed by atoms with Crippen molar-refractivity contribution in [1.29, 1.82) is 0 Å². The van der Waals surface area contributed by atoms with Crippen LogP contribution in [0.2, 0.25) is 0 Å². The van der Waals surface area contributed by atoms with E-state index in [2.05, 4.69) is 4.98 Å². The zero-order valence-corrected chi connectivity index (χ0v) is 13.9. The first kappa shape index (κ1) is 15.7. The Kier molecular flexibility index (Phi) is 4.43. The van der Waals surface area contributed by atoms with Crippen molar-refractivity contribution in [2.75, 3.05) is 4.90 Å². The van der Waals surface area contributed by atoms with Crippen LogP contribution in [0.5, 0.6) is 0 Å². The van der Waals surface area contributed by atoms with Crippen LogP contribution in [0, 0.1) is 11.8 Å². The van der Waals surface area contributed by atoms with Gasteiger partial charge in [0.15, 0.2) is 5.13 Å². The summed E-state index contributed by atoms with van der Waals surface area (Å²) in [5, 5.41) is 2.40. The van der Waals surface area contributed by atoms with Crippen LogP contribution < -0.4 is 4.90 Å². The number of hydrogen-bond acceptors (Lipinski definition) is 5. The molecule has 1 fully saturated rings. The zero-order chi connectivity index (χ0) is 16.4. The Morgan fingerprint density at radius 2 is 2.04 bits per heavy atom. The van der Waals surface area contributed by atoms with E-state index in [0.717, 1.165) is 12.1 Å². The van der Waals surface area contributed by atoms with Gasteiger partial charge in [0.05, 0.1) is 17.3 Å². The Labute approximate surface area is 138 Å². The van der Waals surface area contributed by atoms with Crippen LogP contribution in [0.25, 0.3) is 0 Å². The largest absolute Gasteiger partial charge is 0.459 e. The van der Waals surface area contributed by atoms with Gasteiger partial charge in [-0.3, -0.25) is 14.5 Å². The first-order valence-electron chi connectivity index (χ1n) is 7.53. The number of benzene rings is 1. The summed E-state index contributed by atoms with van der Waals surface area (Å²) < 4.78 is 5.28. The third kappa shape index (κ3) is 3.59. The molecule has 1 aromatic carbocycles. The number of thiazole rings is 1. The smallest absolute Gasteiger partial charge is 0.309 e. The van der Waals surface area contributed by atoms with Gasteiger partial charge in [0.2, 0.25) is 5.91 Å². The summed E-state index contributed by atoms with van der Waals surface area (Å²) in [6.45, 7) is 3.69. The molecule has 5 nitrogen and oxygen atoms in total. The monoisotopic (exact) mass is 330 g/mol. The minimum atomic E-state index is -0.154. The van der Waals surface area contributed by atoms with Gasteiger partial charge in [0, 0.05) is 12.3 Å². The molecule has 120 valence electrons. The lowest BCUT2D eigenvalue weighted by atomic mass is 10.3. The number of carbonyl (C=O) groups excluding carboxylic acids is 2. The summed E-state index contributed by atoms with van der Waals surface area (Å²) in [5.41, 5.74) is 1.43. The van der Waals surface area contributed by atoms with E-state index in [1.165, 1.54) is 18.3 Å². The van der Waals surface area contributed by atoms with Crippen LogP contribution >= 0.6 is 11.3 Å². The maximum atomic E-state index is 12.0. The number of rotatable bonds is 5. The Morgan fingerprint density at radius 3 is 2.65 bits per heavy atom. The van der Waals surface area contributed by atoms with Crippen LogP contribution in [0.1, 0.15) is 26.0 Å². The molecule has 23 heavy (non-hydrogen) atoms. The fourth-order valence-electron chi connectivity index (χ4n) is 2.37. The van der Waals surface area contributed by atoms with Crippen molar-refractivity contribution in [3.63, 3.8) is 0 Å². The summed E-state index contributed by atoms with van der Waals surface area (Å²) >= 11 is 1.36. The number of esters is 1. The van der Waals surface area contributed by atoms with Crippen LogP contribution in [0.15, 0.2) is 35.7 Å². The van der Waals surface area contributed by atoms with E-state index in [-0.39, 0.29) is 24.4 Å². The first-order valence-corrected chi connectivity index (χ1v) is 8.41. The average Bonchev–Trinajstić information content (AvgIpc) is 3.09. The summed E-state index contributed by atoms with van der Waals surface area (Å²) in [4.78, 5) is 29.7. The number of aromatic nitrogens is 1. The highest BCUT2D eigenvalue weighted by Crippen LogP contribution is 2.38. The van der Waals surface area contributed by atoms with Gasteiger partial charge < -0.3 is 4.74 Å². The molecule has 0 spiro atoms. The SMILES string of the molecule is CC(=O)N(c1ccccc1)c1nc(COC(=O)[C@H]2C[C@H]2C)cs1. The van der Waals surface area contributed by atoms with E-state index in [9.17, 15) is 9.59 Å². The quantitative estimate of drug-likeness (QED) is 0.787. The molecule has 1 aromatic heterocycles. The Bertz CT molecular complexity index is 714. The van der Waals surface area contributed by atoms with Crippen molar-refractivity contribution in [2.45, 2.75) is 26.9 Å². The van der Waals surface area contributed by atoms with Gasteiger partial charge in [0.25, 0.3) is 0 Å². The van der Waals surface area contributed by atoms with Crippen molar-refractivity contribution in [3.05, 3.63) is 41.4 Å². The number of nitrogens with zero attached hydrogens (tertiary/aromatic N) is 2. The van der Waals surface area contributed by atoms with Crippen molar-refractivity contribution in [2.24, 2.45) is 11.8 Å². The second-order valence-electron chi connectivity index (χ2n) is 5.74. The van der Waals surface area contributed by atoms with Crippen LogP contribution in [0.3, 0.4) is 0 Å². The molecule has 0 N–H and O–H groups in total. The molecule has 0 saturated heterocycles. The standard InChI is InChI=1S/C17H18N2O3S/c1-11-8-15(11)16(21)22-9-13-10-23-17(18-13)19(12(2)20)14-6-4-3-5-7-14/h3-7,10-11,15H,8-9H2,1-2H3/t11-,15+/m1/s1. The third-order valence-electron chi connectivity index (χ3n) is 3.83. The third-order valence-corrected chi connectivity index (χ3v) is 4.71. The van der Waals surface area contributed by atoms with Gasteiger partial charge in [-0.2, -0.15) is 0 Å². The van der Waals surface area contributed by atoms with Crippen LogP contribution in [-0.2, 0) is 20.9 Å². The van der Waals surface area contributed by atoms with Crippen molar-refractivity contribution in [3.8, 4) is 0 Å². The van der Waals surface area contributed by atoms with Gasteiger partial charge in [-0.05, 0) is 24.5 Å². The van der Waals surface area contributed by atoms with Crippen molar-refractivity contribution < 1.29 is 14.3 Å². The first-order chi connectivity index (χ1) is 11.1. The highest BCUT2D eigenvalue weighted by atomic mass is 32.1. The lowest BCUT2D eigenvalue weighted by Crippen LogP contribution is -2.22. The van der Waals surface area contributed by atoms with Crippen molar-refractivity contribution >= 4 is 34.0 Å². The minimum Gasteiger partial charge on any atom is -0.459 e. The molecule has 2 atom stereocenters. The molecule has 0 unspecified atom stereocenters. The van der Waals surface area contributed by atoms with Gasteiger partial charge >= 0.3 is 5.97 Å². The Morgan fingerprint density at radius 1 is 1.35 bits per heavy atom. The molecule has 6 heteroatoms. The fraction of sp³-hybridized carbons (Fsp3) is 0.353. The molecular formula is C17H18N2O3S. The molecule has 2 aromatic rings. The van der Waals surface area contributed by atoms with E-state index >= 15 is 0 Å². The van der Waals surface area contributed by atoms with Gasteiger partial charge in [-0.25, -0.2) is 4.98 Å². The maximum Gasteiger partial charge on any atom is 0.309 e. The van der Waals surface area contributed by atoms with E-state index < -0.39 is 0 Å². The molecule has 0 aliphatic heterocycles. The predicted molar refractivity (Wildman–Crippen MR) is 88.4 cm³/mol. The van der Waals surface area contributed by atoms with Gasteiger partial charge in [-0.15, -0.1) is 11.3 Å². The van der Waals surface area contributed by atoms with Crippen LogP contribution in [0.4, 0.5) is 10.8 Å². The molecule has 0 radical (unpaired) electrons. The Hall–Kier alpha value is -2.21. The summed E-state index contributed by atoms with van der Waals surface area (Å²) in [6, 6.07) is 9.36. The zero-order valence-electron chi connectivity index (χ0n) is 13.1. The van der Waals surface area contributed by atoms with E-state index in [4.69, 9.17) is 4.74 Å².